The van der Waals surface area contributed by atoms with Gasteiger partial charge in [0.2, 0.25) is 0 Å². The van der Waals surface area contributed by atoms with Crippen molar-refractivity contribution in [1.29, 1.82) is 0 Å². The molecule has 2 fully saturated rings. The molecule has 0 unspecified atom stereocenters. The maximum atomic E-state index is 7.00. The number of rotatable bonds is 4. The monoisotopic (exact) mass is 704 g/mol. The number of benzene rings is 4. The van der Waals surface area contributed by atoms with Crippen molar-refractivity contribution in [2.24, 2.45) is 0 Å². The zero-order valence-corrected chi connectivity index (χ0v) is 29.4. The van der Waals surface area contributed by atoms with Crippen LogP contribution in [-0.2, 0) is 20.4 Å². The van der Waals surface area contributed by atoms with Crippen LogP contribution < -0.4 is 5.32 Å². The van der Waals surface area contributed by atoms with E-state index >= 15 is 0 Å². The van der Waals surface area contributed by atoms with E-state index < -0.39 is 0 Å². The van der Waals surface area contributed by atoms with Crippen LogP contribution in [-0.4, -0.2) is 42.8 Å². The Balaban J connectivity index is 0.000000565. The second-order valence-corrected chi connectivity index (χ2v) is 12.0. The molecule has 0 radical (unpaired) electrons. The van der Waals surface area contributed by atoms with Gasteiger partial charge in [-0.05, 0) is 48.8 Å². The third kappa shape index (κ3) is 19.9. The molecule has 0 atom stereocenters. The Morgan fingerprint density at radius 3 is 1.36 bits per heavy atom. The standard InChI is InChI=1S/C13H12N.C12H23P.2C6H5.2CH4O.Pd/c1-14-13-10-6-5-9-12(13)11-7-3-2-4-8-11;1-3-7-11(8-4-1)13-12-9-5-2-6-10-12;2*1-2-4-6-5-3-1;2*1-2;/h2-7,9-10,14H,1H3;11-13H,1-10H2;2*1-5H;2*2H,1H3;/q-1;;2*-1;;;. The third-order valence-corrected chi connectivity index (χ3v) is 9.19. The van der Waals surface area contributed by atoms with Gasteiger partial charge in [0, 0.05) is 41.7 Å². The van der Waals surface area contributed by atoms with Gasteiger partial charge in [-0.25, -0.2) is 0 Å². The first-order chi connectivity index (χ1) is 21.4. The first-order valence-corrected chi connectivity index (χ1v) is 16.7. The van der Waals surface area contributed by atoms with Gasteiger partial charge in [-0.2, -0.15) is 72.8 Å². The third-order valence-electron chi connectivity index (χ3n) is 7.09. The topological polar surface area (TPSA) is 52.5 Å². The molecule has 2 saturated carbocycles. The molecule has 0 spiro atoms. The summed E-state index contributed by atoms with van der Waals surface area (Å²) in [6.07, 6.45) is 15.4. The van der Waals surface area contributed by atoms with E-state index in [1.807, 2.05) is 98.0 Å². The fraction of sp³-hybridized carbons (Fsp3) is 0.385. The number of aliphatic hydroxyl groups is 2. The van der Waals surface area contributed by atoms with Crippen molar-refractivity contribution < 1.29 is 30.6 Å². The van der Waals surface area contributed by atoms with Crippen LogP contribution in [0.15, 0.2) is 109 Å². The van der Waals surface area contributed by atoms with Crippen molar-refractivity contribution in [3.63, 3.8) is 0 Å². The number of hydrogen-bond acceptors (Lipinski definition) is 3. The maximum absolute atomic E-state index is 7.00. The first kappa shape index (κ1) is 41.7. The first-order valence-electron chi connectivity index (χ1n) is 15.6. The molecule has 0 bridgehead atoms. The van der Waals surface area contributed by atoms with E-state index in [1.54, 1.807) is 25.7 Å². The molecule has 244 valence electrons. The number of hydrogen-bond donors (Lipinski definition) is 3. The summed E-state index contributed by atoms with van der Waals surface area (Å²) >= 11 is 0. The van der Waals surface area contributed by atoms with Crippen LogP contribution in [0, 0.1) is 18.2 Å². The van der Waals surface area contributed by atoms with Gasteiger partial charge in [0.05, 0.1) is 0 Å². The van der Waals surface area contributed by atoms with Crippen LogP contribution >= 0.6 is 8.58 Å². The molecule has 4 aromatic carbocycles. The molecular weight excluding hydrogens is 652 g/mol. The second-order valence-electron chi connectivity index (χ2n) is 10.1. The summed E-state index contributed by atoms with van der Waals surface area (Å²) in [6.45, 7) is 0. The maximum Gasteiger partial charge on any atom is 0.0319 e. The van der Waals surface area contributed by atoms with Gasteiger partial charge in [0.1, 0.15) is 0 Å². The number of aliphatic hydroxyl groups excluding tert-OH is 2. The van der Waals surface area contributed by atoms with E-state index in [-0.39, 0.29) is 20.4 Å². The molecule has 3 nitrogen and oxygen atoms in total. The fourth-order valence-corrected chi connectivity index (χ4v) is 7.20. The Hall–Kier alpha value is -2.31. The summed E-state index contributed by atoms with van der Waals surface area (Å²) in [6, 6.07) is 44.4. The van der Waals surface area contributed by atoms with Crippen molar-refractivity contribution in [2.45, 2.75) is 75.5 Å². The summed E-state index contributed by atoms with van der Waals surface area (Å²) in [5.41, 5.74) is 5.75. The van der Waals surface area contributed by atoms with Crippen molar-refractivity contribution in [3.05, 3.63) is 127 Å². The van der Waals surface area contributed by atoms with E-state index in [2.05, 4.69) is 41.7 Å². The number of nitrogens with one attached hydrogen (secondary N) is 1. The Labute approximate surface area is 284 Å². The molecule has 2 aliphatic carbocycles. The minimum atomic E-state index is 0. The molecule has 6 rings (SSSR count). The van der Waals surface area contributed by atoms with E-state index in [0.717, 1.165) is 36.8 Å². The Morgan fingerprint density at radius 1 is 0.568 bits per heavy atom. The molecule has 0 aromatic heterocycles. The number of anilines is 1. The van der Waals surface area contributed by atoms with Gasteiger partial charge < -0.3 is 15.5 Å². The van der Waals surface area contributed by atoms with E-state index in [9.17, 15) is 0 Å². The van der Waals surface area contributed by atoms with E-state index in [1.165, 1.54) is 52.7 Å². The van der Waals surface area contributed by atoms with Crippen LogP contribution in [0.3, 0.4) is 0 Å². The molecule has 0 amide bonds. The van der Waals surface area contributed by atoms with E-state index in [4.69, 9.17) is 10.2 Å². The number of para-hydroxylation sites is 1. The van der Waals surface area contributed by atoms with Crippen LogP contribution in [0.25, 0.3) is 11.1 Å². The quantitative estimate of drug-likeness (QED) is 0.113. The van der Waals surface area contributed by atoms with Crippen molar-refractivity contribution in [1.82, 2.24) is 0 Å². The predicted molar refractivity (Wildman–Crippen MR) is 189 cm³/mol. The molecule has 0 saturated heterocycles. The smallest absolute Gasteiger partial charge is 0.0319 e. The molecule has 44 heavy (non-hydrogen) atoms. The van der Waals surface area contributed by atoms with Crippen LogP contribution in [0.4, 0.5) is 5.69 Å². The SMILES string of the molecule is C1CCC(PC2CCCCC2)CC1.CNc1ccccc1-c1[c-]cccc1.CO.CO.[Pd].[c-]1ccccc1.[c-]1ccccc1. The molecule has 2 aliphatic rings. The Morgan fingerprint density at radius 2 is 1.00 bits per heavy atom. The average Bonchev–Trinajstić information content (AvgIpc) is 3.13. The Bertz CT molecular complexity index is 990. The average molecular weight is 705 g/mol. The summed E-state index contributed by atoms with van der Waals surface area (Å²) in [5, 5.41) is 17.2. The van der Waals surface area contributed by atoms with Gasteiger partial charge >= 0.3 is 0 Å². The van der Waals surface area contributed by atoms with Crippen molar-refractivity contribution in [3.8, 4) is 11.1 Å². The summed E-state index contributed by atoms with van der Waals surface area (Å²) < 4.78 is 0. The molecule has 3 N–H and O–H groups in total. The molecule has 0 heterocycles. The summed E-state index contributed by atoms with van der Waals surface area (Å²) in [5.74, 6) is 0. The normalized spacial score (nSPS) is 13.8. The van der Waals surface area contributed by atoms with Gasteiger partial charge in [-0.15, -0.1) is 44.5 Å². The summed E-state index contributed by atoms with van der Waals surface area (Å²) in [7, 11) is 5.26. The zero-order chi connectivity index (χ0) is 31.2. The minimum Gasteiger partial charge on any atom is -0.400 e. The summed E-state index contributed by atoms with van der Waals surface area (Å²) in [4.78, 5) is 0. The van der Waals surface area contributed by atoms with Crippen molar-refractivity contribution in [2.75, 3.05) is 26.6 Å². The Kier molecular flexibility index (Phi) is 29.1. The predicted octanol–water partition coefficient (Wildman–Crippen LogP) is 9.71. The molecule has 0 aliphatic heterocycles. The minimum absolute atomic E-state index is 0. The molecule has 4 aromatic rings. The fourth-order valence-electron chi connectivity index (χ4n) is 5.05. The second kappa shape index (κ2) is 30.7. The van der Waals surface area contributed by atoms with Gasteiger partial charge in [-0.3, -0.25) is 0 Å². The van der Waals surface area contributed by atoms with Crippen molar-refractivity contribution >= 4 is 14.3 Å². The zero-order valence-electron chi connectivity index (χ0n) is 26.8. The molecular formula is C39H53NO2PPd-3. The van der Waals surface area contributed by atoms with Gasteiger partial charge in [-0.1, -0.05) is 62.3 Å². The van der Waals surface area contributed by atoms with Gasteiger partial charge in [0.15, 0.2) is 0 Å². The largest absolute Gasteiger partial charge is 0.400 e. The van der Waals surface area contributed by atoms with Crippen LogP contribution in [0.1, 0.15) is 64.2 Å². The van der Waals surface area contributed by atoms with Crippen LogP contribution in [0.5, 0.6) is 0 Å². The van der Waals surface area contributed by atoms with E-state index in [0.29, 0.717) is 0 Å². The van der Waals surface area contributed by atoms with Crippen LogP contribution in [0.2, 0.25) is 0 Å². The van der Waals surface area contributed by atoms with Gasteiger partial charge in [0.25, 0.3) is 0 Å². The molecule has 5 heteroatoms.